The fourth-order valence-corrected chi connectivity index (χ4v) is 3.52. The maximum atomic E-state index is 13.0. The molecule has 27 heavy (non-hydrogen) atoms. The summed E-state index contributed by atoms with van der Waals surface area (Å²) in [6, 6.07) is 8.86. The molecule has 2 aromatic heterocycles. The number of fused-ring (bicyclic) bond motifs is 3. The topological polar surface area (TPSA) is 84.5 Å². The Morgan fingerprint density at radius 2 is 2.07 bits per heavy atom. The van der Waals surface area contributed by atoms with Gasteiger partial charge in [-0.3, -0.25) is 4.79 Å². The fraction of sp³-hybridized carbons (Fsp3) is 0.250. The highest BCUT2D eigenvalue weighted by Crippen LogP contribution is 2.30. The van der Waals surface area contributed by atoms with Crippen molar-refractivity contribution in [3.63, 3.8) is 0 Å². The number of methoxy groups -OCH3 is 2. The van der Waals surface area contributed by atoms with Gasteiger partial charge in [-0.1, -0.05) is 0 Å². The Hall–Kier alpha value is -3.35. The van der Waals surface area contributed by atoms with Crippen LogP contribution in [0.1, 0.15) is 32.0 Å². The second-order valence-electron chi connectivity index (χ2n) is 6.37. The second kappa shape index (κ2) is 6.75. The molecule has 3 aromatic rings. The second-order valence-corrected chi connectivity index (χ2v) is 6.37. The minimum absolute atomic E-state index is 0.121. The van der Waals surface area contributed by atoms with Crippen LogP contribution in [0.15, 0.2) is 36.5 Å². The predicted octanol–water partition coefficient (Wildman–Crippen LogP) is 2.56. The first-order valence-electron chi connectivity index (χ1n) is 8.62. The molecule has 0 saturated carbocycles. The Labute approximate surface area is 155 Å². The molecule has 1 aliphatic heterocycles. The number of pyridine rings is 1. The van der Waals surface area contributed by atoms with Crippen molar-refractivity contribution in [2.45, 2.75) is 13.0 Å². The van der Waals surface area contributed by atoms with Crippen molar-refractivity contribution >= 4 is 22.8 Å². The van der Waals surface area contributed by atoms with Gasteiger partial charge in [-0.15, -0.1) is 0 Å². The molecule has 1 aromatic carbocycles. The van der Waals surface area contributed by atoms with Crippen molar-refractivity contribution in [1.82, 2.24) is 14.9 Å². The maximum absolute atomic E-state index is 13.0. The average molecular weight is 365 g/mol. The molecule has 1 aliphatic rings. The number of carbonyl (C=O) groups is 2. The molecule has 0 fully saturated rings. The van der Waals surface area contributed by atoms with Gasteiger partial charge in [-0.2, -0.15) is 0 Å². The Morgan fingerprint density at radius 1 is 1.22 bits per heavy atom. The number of nitrogens with zero attached hydrogens (tertiary/aromatic N) is 2. The lowest BCUT2D eigenvalue weighted by molar-refractivity contribution is 0.0600. The molecule has 0 saturated heterocycles. The van der Waals surface area contributed by atoms with Gasteiger partial charge in [0.1, 0.15) is 5.56 Å². The van der Waals surface area contributed by atoms with Crippen molar-refractivity contribution in [3.05, 3.63) is 58.9 Å². The number of rotatable bonds is 3. The van der Waals surface area contributed by atoms with E-state index in [0.29, 0.717) is 36.5 Å². The van der Waals surface area contributed by atoms with Gasteiger partial charge in [0.25, 0.3) is 5.91 Å². The van der Waals surface area contributed by atoms with E-state index in [1.165, 1.54) is 14.2 Å². The molecule has 138 valence electrons. The highest BCUT2D eigenvalue weighted by molar-refractivity contribution is 5.98. The van der Waals surface area contributed by atoms with Gasteiger partial charge < -0.3 is 19.4 Å². The number of nitrogens with one attached hydrogen (secondary N) is 1. The summed E-state index contributed by atoms with van der Waals surface area (Å²) in [4.78, 5) is 34.1. The van der Waals surface area contributed by atoms with Crippen molar-refractivity contribution in [3.8, 4) is 5.88 Å². The number of hydrogen-bond acceptors (Lipinski definition) is 5. The van der Waals surface area contributed by atoms with Gasteiger partial charge in [0, 0.05) is 47.9 Å². The summed E-state index contributed by atoms with van der Waals surface area (Å²) in [5.74, 6) is -0.181. The van der Waals surface area contributed by atoms with E-state index < -0.39 is 0 Å². The van der Waals surface area contributed by atoms with E-state index in [1.54, 1.807) is 29.3 Å². The first-order valence-corrected chi connectivity index (χ1v) is 8.62. The van der Waals surface area contributed by atoms with Crippen molar-refractivity contribution in [1.29, 1.82) is 0 Å². The standard InChI is InChI=1S/C20H19N3O4/c1-26-18-13(4-3-8-21-18)19(24)23-9-7-17-15(11-23)14-10-12(20(25)27-2)5-6-16(14)22-17/h3-6,8,10,22H,7,9,11H2,1-2H3. The lowest BCUT2D eigenvalue weighted by atomic mass is 10.0. The van der Waals surface area contributed by atoms with Gasteiger partial charge in [0.15, 0.2) is 0 Å². The van der Waals surface area contributed by atoms with Crippen LogP contribution in [-0.2, 0) is 17.7 Å². The van der Waals surface area contributed by atoms with Crippen LogP contribution in [-0.4, -0.2) is 47.5 Å². The lowest BCUT2D eigenvalue weighted by Gasteiger charge is -2.27. The molecule has 7 nitrogen and oxygen atoms in total. The summed E-state index contributed by atoms with van der Waals surface area (Å²) in [6.45, 7) is 1.05. The fourth-order valence-electron chi connectivity index (χ4n) is 3.52. The van der Waals surface area contributed by atoms with Gasteiger partial charge in [-0.05, 0) is 30.3 Å². The Balaban J connectivity index is 1.69. The first-order chi connectivity index (χ1) is 13.1. The van der Waals surface area contributed by atoms with Crippen LogP contribution in [0.25, 0.3) is 10.9 Å². The van der Waals surface area contributed by atoms with E-state index in [9.17, 15) is 9.59 Å². The zero-order valence-electron chi connectivity index (χ0n) is 15.1. The summed E-state index contributed by atoms with van der Waals surface area (Å²) in [7, 11) is 2.86. The van der Waals surface area contributed by atoms with Gasteiger partial charge >= 0.3 is 5.97 Å². The number of hydrogen-bond donors (Lipinski definition) is 1. The SMILES string of the molecule is COC(=O)c1ccc2[nH]c3c(c2c1)CN(C(=O)c1cccnc1OC)CC3. The van der Waals surface area contributed by atoms with Crippen LogP contribution < -0.4 is 4.74 Å². The highest BCUT2D eigenvalue weighted by Gasteiger charge is 2.27. The molecule has 0 bridgehead atoms. The van der Waals surface area contributed by atoms with Crippen LogP contribution in [0.2, 0.25) is 0 Å². The van der Waals surface area contributed by atoms with E-state index in [2.05, 4.69) is 9.97 Å². The molecule has 0 radical (unpaired) electrons. The van der Waals surface area contributed by atoms with Crippen LogP contribution in [0, 0.1) is 0 Å². The van der Waals surface area contributed by atoms with E-state index in [0.717, 1.165) is 22.2 Å². The number of ether oxygens (including phenoxy) is 2. The van der Waals surface area contributed by atoms with Gasteiger partial charge in [0.2, 0.25) is 5.88 Å². The molecule has 7 heteroatoms. The zero-order chi connectivity index (χ0) is 19.0. The summed E-state index contributed by atoms with van der Waals surface area (Å²) < 4.78 is 10.0. The van der Waals surface area contributed by atoms with E-state index >= 15 is 0 Å². The van der Waals surface area contributed by atoms with Crippen molar-refractivity contribution in [2.24, 2.45) is 0 Å². The van der Waals surface area contributed by atoms with Crippen LogP contribution in [0.3, 0.4) is 0 Å². The van der Waals surface area contributed by atoms with Crippen molar-refractivity contribution in [2.75, 3.05) is 20.8 Å². The summed E-state index contributed by atoms with van der Waals surface area (Å²) >= 11 is 0. The molecular formula is C20H19N3O4. The first kappa shape index (κ1) is 17.1. The van der Waals surface area contributed by atoms with E-state index in [1.807, 2.05) is 12.1 Å². The number of amides is 1. The van der Waals surface area contributed by atoms with Gasteiger partial charge in [-0.25, -0.2) is 9.78 Å². The largest absolute Gasteiger partial charge is 0.480 e. The van der Waals surface area contributed by atoms with E-state index in [4.69, 9.17) is 9.47 Å². The molecule has 1 N–H and O–H groups in total. The number of benzene rings is 1. The number of aromatic amines is 1. The lowest BCUT2D eigenvalue weighted by Crippen LogP contribution is -2.36. The third kappa shape index (κ3) is 2.91. The average Bonchev–Trinajstić information content (AvgIpc) is 3.09. The third-order valence-electron chi connectivity index (χ3n) is 4.88. The van der Waals surface area contributed by atoms with Gasteiger partial charge in [0.05, 0.1) is 19.8 Å². The van der Waals surface area contributed by atoms with Crippen LogP contribution in [0.5, 0.6) is 5.88 Å². The minimum Gasteiger partial charge on any atom is -0.480 e. The van der Waals surface area contributed by atoms with Crippen LogP contribution >= 0.6 is 0 Å². The number of carbonyl (C=O) groups excluding carboxylic acids is 2. The monoisotopic (exact) mass is 365 g/mol. The Kier molecular flexibility index (Phi) is 4.27. The quantitative estimate of drug-likeness (QED) is 0.721. The molecule has 0 spiro atoms. The molecular weight excluding hydrogens is 346 g/mol. The molecule has 0 atom stereocenters. The number of H-pyrrole nitrogens is 1. The molecule has 1 amide bonds. The highest BCUT2D eigenvalue weighted by atomic mass is 16.5. The predicted molar refractivity (Wildman–Crippen MR) is 98.9 cm³/mol. The Morgan fingerprint density at radius 3 is 2.85 bits per heavy atom. The molecule has 3 heterocycles. The number of esters is 1. The third-order valence-corrected chi connectivity index (χ3v) is 4.88. The molecule has 4 rings (SSSR count). The molecule has 0 unspecified atom stereocenters. The minimum atomic E-state index is -0.379. The smallest absolute Gasteiger partial charge is 0.337 e. The maximum Gasteiger partial charge on any atom is 0.337 e. The van der Waals surface area contributed by atoms with Crippen LogP contribution in [0.4, 0.5) is 0 Å². The normalized spacial score (nSPS) is 13.3. The molecule has 0 aliphatic carbocycles. The van der Waals surface area contributed by atoms with E-state index in [-0.39, 0.29) is 11.9 Å². The number of aromatic nitrogens is 2. The van der Waals surface area contributed by atoms with Crippen molar-refractivity contribution < 1.29 is 19.1 Å². The zero-order valence-corrected chi connectivity index (χ0v) is 15.1. The summed E-state index contributed by atoms with van der Waals surface area (Å²) in [5, 5.41) is 0.934. The Bertz CT molecular complexity index is 1040. The summed E-state index contributed by atoms with van der Waals surface area (Å²) in [5.41, 5.74) is 4.00. The summed E-state index contributed by atoms with van der Waals surface area (Å²) in [6.07, 6.45) is 2.31.